The quantitative estimate of drug-likeness (QED) is 0.767. The number of nitrogens with zero attached hydrogens (tertiary/aromatic N) is 1. The second kappa shape index (κ2) is 4.03. The summed E-state index contributed by atoms with van der Waals surface area (Å²) in [6.07, 6.45) is 3.90. The molecule has 0 aliphatic carbocycles. The number of carbonyl (C=O) groups is 1. The number of pyridine rings is 1. The maximum absolute atomic E-state index is 10.9. The number of nitrogens with two attached hydrogens (primary N) is 1. The van der Waals surface area contributed by atoms with Crippen LogP contribution in [-0.4, -0.2) is 10.8 Å². The van der Waals surface area contributed by atoms with Crippen LogP contribution in [0, 0.1) is 0 Å². The minimum absolute atomic E-state index is 0.159. The van der Waals surface area contributed by atoms with E-state index in [2.05, 4.69) is 4.98 Å². The minimum atomic E-state index is 0.159. The zero-order chi connectivity index (χ0) is 9.84. The number of ketones is 1. The number of anilines is 1. The number of aromatic nitrogens is 1. The third-order valence-corrected chi connectivity index (χ3v) is 2.01. The monoisotopic (exact) mass is 178 g/mol. The van der Waals surface area contributed by atoms with Crippen LogP contribution in [0.1, 0.15) is 31.7 Å². The highest BCUT2D eigenvalue weighted by Gasteiger charge is 2.10. The van der Waals surface area contributed by atoms with Crippen LogP contribution in [0.4, 0.5) is 5.69 Å². The van der Waals surface area contributed by atoms with E-state index in [9.17, 15) is 4.79 Å². The highest BCUT2D eigenvalue weighted by Crippen LogP contribution is 2.23. The van der Waals surface area contributed by atoms with E-state index >= 15 is 0 Å². The Bertz CT molecular complexity index is 310. The first kappa shape index (κ1) is 9.71. The van der Waals surface area contributed by atoms with E-state index < -0.39 is 0 Å². The molecule has 1 unspecified atom stereocenters. The average molecular weight is 178 g/mol. The number of carbonyl (C=O) groups excluding carboxylic acids is 1. The largest absolute Gasteiger partial charge is 0.398 e. The average Bonchev–Trinajstić information content (AvgIpc) is 2.03. The SMILES string of the molecule is CC(=O)CC(C)c1cnccc1N. The van der Waals surface area contributed by atoms with Crippen molar-refractivity contribution in [3.63, 3.8) is 0 Å². The number of hydrogen-bond acceptors (Lipinski definition) is 3. The van der Waals surface area contributed by atoms with Gasteiger partial charge in [-0.05, 0) is 24.5 Å². The van der Waals surface area contributed by atoms with Crippen molar-refractivity contribution in [2.24, 2.45) is 0 Å². The topological polar surface area (TPSA) is 56.0 Å². The van der Waals surface area contributed by atoms with Crippen LogP contribution in [0.2, 0.25) is 0 Å². The number of hydrogen-bond donors (Lipinski definition) is 1. The molecule has 0 bridgehead atoms. The molecule has 1 heterocycles. The Morgan fingerprint density at radius 1 is 1.69 bits per heavy atom. The summed E-state index contributed by atoms with van der Waals surface area (Å²) in [5, 5.41) is 0. The van der Waals surface area contributed by atoms with Crippen molar-refractivity contribution in [3.8, 4) is 0 Å². The third-order valence-electron chi connectivity index (χ3n) is 2.01. The standard InChI is InChI=1S/C10H14N2O/c1-7(5-8(2)13)9-6-12-4-3-10(9)11/h3-4,6-7H,5H2,1-2H3,(H2,11,12). The maximum atomic E-state index is 10.9. The summed E-state index contributed by atoms with van der Waals surface area (Å²) in [4.78, 5) is 14.9. The first-order valence-corrected chi connectivity index (χ1v) is 4.30. The lowest BCUT2D eigenvalue weighted by atomic mass is 9.96. The van der Waals surface area contributed by atoms with Gasteiger partial charge in [0, 0.05) is 24.5 Å². The van der Waals surface area contributed by atoms with Crippen molar-refractivity contribution in [1.82, 2.24) is 4.98 Å². The Balaban J connectivity index is 2.82. The molecule has 0 spiro atoms. The molecule has 0 radical (unpaired) electrons. The van der Waals surface area contributed by atoms with Crippen LogP contribution < -0.4 is 5.73 Å². The summed E-state index contributed by atoms with van der Waals surface area (Å²) in [7, 11) is 0. The molecule has 70 valence electrons. The van der Waals surface area contributed by atoms with Gasteiger partial charge in [0.05, 0.1) is 0 Å². The second-order valence-electron chi connectivity index (χ2n) is 3.31. The summed E-state index contributed by atoms with van der Waals surface area (Å²) in [6.45, 7) is 3.57. The fourth-order valence-electron chi connectivity index (χ4n) is 1.37. The molecular weight excluding hydrogens is 164 g/mol. The van der Waals surface area contributed by atoms with Gasteiger partial charge in [-0.15, -0.1) is 0 Å². The molecule has 0 aliphatic rings. The van der Waals surface area contributed by atoms with Crippen LogP contribution in [0.15, 0.2) is 18.5 Å². The van der Waals surface area contributed by atoms with E-state index in [1.165, 1.54) is 0 Å². The maximum Gasteiger partial charge on any atom is 0.130 e. The molecule has 1 atom stereocenters. The van der Waals surface area contributed by atoms with E-state index in [0.717, 1.165) is 5.56 Å². The van der Waals surface area contributed by atoms with Crippen molar-refractivity contribution < 1.29 is 4.79 Å². The Morgan fingerprint density at radius 2 is 2.38 bits per heavy atom. The molecule has 0 fully saturated rings. The van der Waals surface area contributed by atoms with Gasteiger partial charge in [-0.2, -0.15) is 0 Å². The van der Waals surface area contributed by atoms with Gasteiger partial charge in [0.1, 0.15) is 5.78 Å². The lowest BCUT2D eigenvalue weighted by Gasteiger charge is -2.11. The summed E-state index contributed by atoms with van der Waals surface area (Å²) in [5.41, 5.74) is 7.41. The van der Waals surface area contributed by atoms with Crippen LogP contribution in [-0.2, 0) is 4.79 Å². The molecule has 0 saturated heterocycles. The second-order valence-corrected chi connectivity index (χ2v) is 3.31. The zero-order valence-electron chi connectivity index (χ0n) is 7.95. The summed E-state index contributed by atoms with van der Waals surface area (Å²) >= 11 is 0. The fourth-order valence-corrected chi connectivity index (χ4v) is 1.37. The van der Waals surface area contributed by atoms with E-state index in [-0.39, 0.29) is 11.7 Å². The highest BCUT2D eigenvalue weighted by atomic mass is 16.1. The van der Waals surface area contributed by atoms with Crippen LogP contribution in [0.5, 0.6) is 0 Å². The van der Waals surface area contributed by atoms with Crippen molar-refractivity contribution in [3.05, 3.63) is 24.0 Å². The van der Waals surface area contributed by atoms with Crippen molar-refractivity contribution in [2.45, 2.75) is 26.2 Å². The van der Waals surface area contributed by atoms with E-state index in [0.29, 0.717) is 12.1 Å². The predicted molar refractivity (Wildman–Crippen MR) is 52.4 cm³/mol. The Morgan fingerprint density at radius 3 is 2.92 bits per heavy atom. The highest BCUT2D eigenvalue weighted by molar-refractivity contribution is 5.76. The summed E-state index contributed by atoms with van der Waals surface area (Å²) < 4.78 is 0. The Kier molecular flexibility index (Phi) is 3.01. The number of Topliss-reactive ketones (excluding diaryl/α,β-unsaturated/α-hetero) is 1. The lowest BCUT2D eigenvalue weighted by Crippen LogP contribution is -2.04. The molecule has 3 heteroatoms. The van der Waals surface area contributed by atoms with Crippen molar-refractivity contribution in [1.29, 1.82) is 0 Å². The lowest BCUT2D eigenvalue weighted by molar-refractivity contribution is -0.117. The molecule has 1 aromatic heterocycles. The first-order valence-electron chi connectivity index (χ1n) is 4.30. The van der Waals surface area contributed by atoms with Gasteiger partial charge >= 0.3 is 0 Å². The molecule has 13 heavy (non-hydrogen) atoms. The van der Waals surface area contributed by atoms with Gasteiger partial charge in [0.2, 0.25) is 0 Å². The summed E-state index contributed by atoms with van der Waals surface area (Å²) in [5.74, 6) is 0.335. The van der Waals surface area contributed by atoms with E-state index in [1.54, 1.807) is 25.4 Å². The van der Waals surface area contributed by atoms with Crippen molar-refractivity contribution in [2.75, 3.05) is 5.73 Å². The van der Waals surface area contributed by atoms with Gasteiger partial charge in [-0.1, -0.05) is 6.92 Å². The fraction of sp³-hybridized carbons (Fsp3) is 0.400. The summed E-state index contributed by atoms with van der Waals surface area (Å²) in [6, 6.07) is 1.76. The van der Waals surface area contributed by atoms with Gasteiger partial charge in [-0.3, -0.25) is 4.98 Å². The molecule has 0 aliphatic heterocycles. The van der Waals surface area contributed by atoms with Gasteiger partial charge in [-0.25, -0.2) is 0 Å². The number of rotatable bonds is 3. The molecule has 0 saturated carbocycles. The molecule has 2 N–H and O–H groups in total. The van der Waals surface area contributed by atoms with Crippen LogP contribution in [0.3, 0.4) is 0 Å². The molecule has 1 rings (SSSR count). The minimum Gasteiger partial charge on any atom is -0.398 e. The molecular formula is C10H14N2O. The molecule has 1 aromatic rings. The Labute approximate surface area is 78.0 Å². The Hall–Kier alpha value is -1.38. The van der Waals surface area contributed by atoms with Gasteiger partial charge in [0.15, 0.2) is 0 Å². The molecule has 0 amide bonds. The zero-order valence-corrected chi connectivity index (χ0v) is 7.95. The van der Waals surface area contributed by atoms with Crippen LogP contribution >= 0.6 is 0 Å². The van der Waals surface area contributed by atoms with Crippen molar-refractivity contribution >= 4 is 11.5 Å². The number of nitrogen functional groups attached to an aromatic ring is 1. The first-order chi connectivity index (χ1) is 6.11. The smallest absolute Gasteiger partial charge is 0.130 e. The predicted octanol–water partition coefficient (Wildman–Crippen LogP) is 1.75. The van der Waals surface area contributed by atoms with E-state index in [4.69, 9.17) is 5.73 Å². The third kappa shape index (κ3) is 2.54. The molecule has 0 aromatic carbocycles. The van der Waals surface area contributed by atoms with Gasteiger partial charge < -0.3 is 10.5 Å². The molecule has 3 nitrogen and oxygen atoms in total. The van der Waals surface area contributed by atoms with E-state index in [1.807, 2.05) is 6.92 Å². The van der Waals surface area contributed by atoms with Crippen LogP contribution in [0.25, 0.3) is 0 Å². The normalized spacial score (nSPS) is 12.5. The van der Waals surface area contributed by atoms with Gasteiger partial charge in [0.25, 0.3) is 0 Å².